The Bertz CT molecular complexity index is 1460. The second-order valence-electron chi connectivity index (χ2n) is 7.02. The number of non-ortho nitro benzene ring substituents is 1. The summed E-state index contributed by atoms with van der Waals surface area (Å²) in [5.41, 5.74) is 3.01. The van der Waals surface area contributed by atoms with Crippen molar-refractivity contribution < 1.29 is 9.72 Å². The summed E-state index contributed by atoms with van der Waals surface area (Å²) in [5, 5.41) is 16.4. The Morgan fingerprint density at radius 1 is 1.03 bits per heavy atom. The summed E-state index contributed by atoms with van der Waals surface area (Å²) in [6.45, 7) is 4.08. The van der Waals surface area contributed by atoms with Crippen molar-refractivity contribution in [2.24, 2.45) is 0 Å². The molecular weight excluding hydrogens is 450 g/mol. The van der Waals surface area contributed by atoms with Crippen molar-refractivity contribution in [1.82, 2.24) is 4.98 Å². The molecule has 5 rings (SSSR count). The number of aromatic nitrogens is 1. The van der Waals surface area contributed by atoms with Crippen molar-refractivity contribution in [2.75, 3.05) is 5.32 Å². The Morgan fingerprint density at radius 2 is 1.84 bits per heavy atom. The van der Waals surface area contributed by atoms with Gasteiger partial charge in [-0.1, -0.05) is 12.1 Å². The summed E-state index contributed by atoms with van der Waals surface area (Å²) in [7, 11) is 0. The second-order valence-corrected chi connectivity index (χ2v) is 10.4. The van der Waals surface area contributed by atoms with E-state index in [2.05, 4.69) is 5.32 Å². The smallest absolute Gasteiger partial charge is 0.270 e. The number of carbonyl (C=O) groups excluding carboxylic acids is 1. The molecule has 0 radical (unpaired) electrons. The number of thiophene rings is 2. The molecule has 0 aliphatic heterocycles. The summed E-state index contributed by atoms with van der Waals surface area (Å²) in [6, 6.07) is 14.3. The third kappa shape index (κ3) is 3.50. The van der Waals surface area contributed by atoms with E-state index in [1.165, 1.54) is 34.8 Å². The molecule has 5 aromatic rings. The zero-order valence-electron chi connectivity index (χ0n) is 16.5. The number of carbonyl (C=O) groups is 1. The molecular formula is C22H15N3O3S3. The van der Waals surface area contributed by atoms with Gasteiger partial charge in [0.25, 0.3) is 11.6 Å². The topological polar surface area (TPSA) is 85.1 Å². The van der Waals surface area contributed by atoms with Crippen molar-refractivity contribution in [2.45, 2.75) is 13.8 Å². The first kappa shape index (κ1) is 19.8. The number of para-hydroxylation sites is 1. The molecule has 0 aliphatic rings. The fraction of sp³-hybridized carbons (Fsp3) is 0.0909. The molecule has 0 spiro atoms. The highest BCUT2D eigenvalue weighted by molar-refractivity contribution is 7.23. The molecule has 3 aromatic heterocycles. The molecule has 0 aliphatic carbocycles. The zero-order valence-corrected chi connectivity index (χ0v) is 18.9. The normalized spacial score (nSPS) is 11.3. The summed E-state index contributed by atoms with van der Waals surface area (Å²) in [4.78, 5) is 30.0. The maximum atomic E-state index is 13.0. The monoisotopic (exact) mass is 465 g/mol. The largest absolute Gasteiger partial charge is 0.312 e. The van der Waals surface area contributed by atoms with Crippen LogP contribution in [0.25, 0.3) is 30.9 Å². The Labute approximate surface area is 189 Å². The molecule has 1 N–H and O–H groups in total. The number of hydrogen-bond acceptors (Lipinski definition) is 7. The SMILES string of the molecule is Cc1sc(NC(=O)c2cc3cc([N+](=O)[O-])ccc3s2)c(-c2nc3ccccc3s2)c1C. The lowest BCUT2D eigenvalue weighted by Crippen LogP contribution is -2.09. The minimum absolute atomic E-state index is 0.0138. The van der Waals surface area contributed by atoms with E-state index < -0.39 is 4.92 Å². The molecule has 3 heterocycles. The first-order chi connectivity index (χ1) is 14.9. The van der Waals surface area contributed by atoms with E-state index in [0.717, 1.165) is 40.9 Å². The van der Waals surface area contributed by atoms with Crippen LogP contribution in [0.2, 0.25) is 0 Å². The highest BCUT2D eigenvalue weighted by Gasteiger charge is 2.21. The van der Waals surface area contributed by atoms with Crippen molar-refractivity contribution >= 4 is 70.9 Å². The molecule has 0 atom stereocenters. The summed E-state index contributed by atoms with van der Waals surface area (Å²) >= 11 is 4.46. The highest BCUT2D eigenvalue weighted by atomic mass is 32.1. The number of fused-ring (bicyclic) bond motifs is 2. The van der Waals surface area contributed by atoms with Crippen molar-refractivity contribution in [3.8, 4) is 10.6 Å². The predicted octanol–water partition coefficient (Wildman–Crippen LogP) is 7.02. The molecule has 0 saturated heterocycles. The van der Waals surface area contributed by atoms with Crippen LogP contribution in [0.1, 0.15) is 20.1 Å². The Kier molecular flexibility index (Phi) is 4.81. The van der Waals surface area contributed by atoms with E-state index in [9.17, 15) is 14.9 Å². The summed E-state index contributed by atoms with van der Waals surface area (Å²) in [5.74, 6) is -0.229. The van der Waals surface area contributed by atoms with Crippen LogP contribution in [0.3, 0.4) is 0 Å². The number of nitrogens with zero attached hydrogens (tertiary/aromatic N) is 2. The van der Waals surface area contributed by atoms with Crippen LogP contribution in [-0.4, -0.2) is 15.8 Å². The average Bonchev–Trinajstić information content (AvgIpc) is 3.42. The summed E-state index contributed by atoms with van der Waals surface area (Å²) < 4.78 is 1.94. The van der Waals surface area contributed by atoms with Crippen LogP contribution >= 0.6 is 34.0 Å². The lowest BCUT2D eigenvalue weighted by atomic mass is 10.1. The maximum Gasteiger partial charge on any atom is 0.270 e. The van der Waals surface area contributed by atoms with Crippen LogP contribution < -0.4 is 5.32 Å². The fourth-order valence-electron chi connectivity index (χ4n) is 3.37. The van der Waals surface area contributed by atoms with Gasteiger partial charge < -0.3 is 5.32 Å². The third-order valence-corrected chi connectivity index (χ3v) is 8.35. The van der Waals surface area contributed by atoms with Gasteiger partial charge in [-0.25, -0.2) is 4.98 Å². The standard InChI is InChI=1S/C22H15N3O3S3/c1-11-12(2)29-22(19(11)21-23-15-5-3-4-6-17(15)31-21)24-20(26)18-10-13-9-14(25(27)28)7-8-16(13)30-18/h3-10H,1-2H3,(H,24,26). The van der Waals surface area contributed by atoms with Gasteiger partial charge in [0.2, 0.25) is 0 Å². The number of rotatable bonds is 4. The van der Waals surface area contributed by atoms with E-state index >= 15 is 0 Å². The zero-order chi connectivity index (χ0) is 21.7. The fourth-order valence-corrected chi connectivity index (χ4v) is 6.51. The van der Waals surface area contributed by atoms with Crippen molar-refractivity contribution in [1.29, 1.82) is 0 Å². The van der Waals surface area contributed by atoms with Gasteiger partial charge in [-0.3, -0.25) is 14.9 Å². The van der Waals surface area contributed by atoms with Crippen LogP contribution in [0, 0.1) is 24.0 Å². The number of hydrogen-bond donors (Lipinski definition) is 1. The minimum Gasteiger partial charge on any atom is -0.312 e. The van der Waals surface area contributed by atoms with Gasteiger partial charge in [0.1, 0.15) is 10.0 Å². The Balaban J connectivity index is 1.51. The molecule has 1 amide bonds. The Hall–Kier alpha value is -3.14. The van der Waals surface area contributed by atoms with Gasteiger partial charge in [-0.2, -0.15) is 0 Å². The predicted molar refractivity (Wildman–Crippen MR) is 129 cm³/mol. The van der Waals surface area contributed by atoms with Gasteiger partial charge in [0.05, 0.1) is 20.0 Å². The molecule has 0 bridgehead atoms. The maximum absolute atomic E-state index is 13.0. The first-order valence-electron chi connectivity index (χ1n) is 9.36. The van der Waals surface area contributed by atoms with Gasteiger partial charge >= 0.3 is 0 Å². The molecule has 154 valence electrons. The number of nitro benzene ring substituents is 1. The van der Waals surface area contributed by atoms with Gasteiger partial charge in [-0.15, -0.1) is 34.0 Å². The van der Waals surface area contributed by atoms with E-state index in [4.69, 9.17) is 4.98 Å². The molecule has 0 unspecified atom stereocenters. The number of thiazole rings is 1. The van der Waals surface area contributed by atoms with Crippen LogP contribution in [0.15, 0.2) is 48.5 Å². The minimum atomic E-state index is -0.432. The van der Waals surface area contributed by atoms with Gasteiger partial charge in [0, 0.05) is 32.7 Å². The third-order valence-electron chi connectivity index (χ3n) is 5.05. The van der Waals surface area contributed by atoms with E-state index in [-0.39, 0.29) is 11.6 Å². The molecule has 31 heavy (non-hydrogen) atoms. The quantitative estimate of drug-likeness (QED) is 0.228. The van der Waals surface area contributed by atoms with Crippen LogP contribution in [0.5, 0.6) is 0 Å². The molecule has 2 aromatic carbocycles. The second kappa shape index (κ2) is 7.52. The molecule has 0 saturated carbocycles. The average molecular weight is 466 g/mol. The summed E-state index contributed by atoms with van der Waals surface area (Å²) in [6.07, 6.45) is 0. The lowest BCUT2D eigenvalue weighted by Gasteiger charge is -2.04. The lowest BCUT2D eigenvalue weighted by molar-refractivity contribution is -0.384. The van der Waals surface area contributed by atoms with E-state index in [0.29, 0.717) is 10.3 Å². The number of nitro groups is 1. The van der Waals surface area contributed by atoms with E-state index in [1.54, 1.807) is 23.5 Å². The number of aryl methyl sites for hydroxylation is 1. The Morgan fingerprint density at radius 3 is 2.61 bits per heavy atom. The first-order valence-corrected chi connectivity index (χ1v) is 11.8. The number of nitrogens with one attached hydrogen (secondary N) is 1. The van der Waals surface area contributed by atoms with Crippen molar-refractivity contribution in [3.05, 3.63) is 74.0 Å². The highest BCUT2D eigenvalue weighted by Crippen LogP contribution is 2.43. The van der Waals surface area contributed by atoms with Gasteiger partial charge in [-0.05, 0) is 43.7 Å². The van der Waals surface area contributed by atoms with Crippen molar-refractivity contribution in [3.63, 3.8) is 0 Å². The van der Waals surface area contributed by atoms with Gasteiger partial charge in [0.15, 0.2) is 0 Å². The van der Waals surface area contributed by atoms with E-state index in [1.807, 2.05) is 38.1 Å². The molecule has 0 fully saturated rings. The molecule has 6 nitrogen and oxygen atoms in total. The van der Waals surface area contributed by atoms with Crippen LogP contribution in [-0.2, 0) is 0 Å². The van der Waals surface area contributed by atoms with Crippen LogP contribution in [0.4, 0.5) is 10.7 Å². The number of amides is 1. The number of benzene rings is 2. The number of anilines is 1. The molecule has 9 heteroatoms.